The smallest absolute Gasteiger partial charge is 0.123 e. The standard InChI is InChI=1S/C13H19N3/c1-3-10(2)12-8-16-11-4-6-15(7-5-11)9-13(16)14-12/h3,8,10-11H,1,4-7,9H2,2H3. The molecule has 1 unspecified atom stereocenters. The molecule has 0 radical (unpaired) electrons. The van der Waals surface area contributed by atoms with Gasteiger partial charge >= 0.3 is 0 Å². The zero-order chi connectivity index (χ0) is 11.1. The third kappa shape index (κ3) is 1.50. The first-order valence-electron chi connectivity index (χ1n) is 6.20. The molecule has 0 N–H and O–H groups in total. The molecule has 3 aliphatic heterocycles. The van der Waals surface area contributed by atoms with E-state index < -0.39 is 0 Å². The van der Waals surface area contributed by atoms with Crippen LogP contribution in [0.5, 0.6) is 0 Å². The normalized spacial score (nSPS) is 29.6. The molecule has 0 amide bonds. The van der Waals surface area contributed by atoms with E-state index >= 15 is 0 Å². The minimum absolute atomic E-state index is 0.368. The van der Waals surface area contributed by atoms with Gasteiger partial charge in [-0.3, -0.25) is 4.90 Å². The Morgan fingerprint density at radius 3 is 2.94 bits per heavy atom. The van der Waals surface area contributed by atoms with Gasteiger partial charge < -0.3 is 4.57 Å². The lowest BCUT2D eigenvalue weighted by atomic mass is 10.1. The fourth-order valence-electron chi connectivity index (χ4n) is 2.78. The van der Waals surface area contributed by atoms with E-state index in [0.29, 0.717) is 12.0 Å². The van der Waals surface area contributed by atoms with Crippen LogP contribution in [0.25, 0.3) is 0 Å². The first-order chi connectivity index (χ1) is 7.78. The number of allylic oxidation sites excluding steroid dienone is 1. The first kappa shape index (κ1) is 10.1. The van der Waals surface area contributed by atoms with Crippen LogP contribution < -0.4 is 0 Å². The van der Waals surface area contributed by atoms with E-state index in [1.54, 1.807) is 0 Å². The van der Waals surface area contributed by atoms with Crippen molar-refractivity contribution in [3.63, 3.8) is 0 Å². The maximum absolute atomic E-state index is 4.77. The van der Waals surface area contributed by atoms with Crippen molar-refractivity contribution < 1.29 is 0 Å². The molecule has 86 valence electrons. The van der Waals surface area contributed by atoms with E-state index in [1.165, 1.54) is 37.4 Å². The molecule has 0 aromatic carbocycles. The highest BCUT2D eigenvalue weighted by Crippen LogP contribution is 2.31. The molecular formula is C13H19N3. The average molecular weight is 217 g/mol. The molecule has 3 nitrogen and oxygen atoms in total. The van der Waals surface area contributed by atoms with Crippen LogP contribution in [0.3, 0.4) is 0 Å². The molecule has 1 aromatic heterocycles. The number of rotatable bonds is 2. The zero-order valence-corrected chi connectivity index (χ0v) is 9.89. The molecule has 1 atom stereocenters. The third-order valence-corrected chi connectivity index (χ3v) is 3.96. The summed E-state index contributed by atoms with van der Waals surface area (Å²) in [6, 6.07) is 0.687. The molecule has 0 aliphatic carbocycles. The van der Waals surface area contributed by atoms with Gasteiger partial charge in [0.15, 0.2) is 0 Å². The minimum Gasteiger partial charge on any atom is -0.330 e. The molecule has 4 rings (SSSR count). The van der Waals surface area contributed by atoms with Crippen molar-refractivity contribution in [3.05, 3.63) is 30.4 Å². The molecule has 1 aromatic rings. The van der Waals surface area contributed by atoms with Gasteiger partial charge in [0.25, 0.3) is 0 Å². The highest BCUT2D eigenvalue weighted by atomic mass is 15.2. The molecule has 0 saturated carbocycles. The minimum atomic E-state index is 0.368. The second-order valence-corrected chi connectivity index (χ2v) is 5.02. The topological polar surface area (TPSA) is 21.1 Å². The van der Waals surface area contributed by atoms with E-state index in [-0.39, 0.29) is 0 Å². The predicted molar refractivity (Wildman–Crippen MR) is 64.4 cm³/mol. The van der Waals surface area contributed by atoms with Crippen molar-refractivity contribution in [2.45, 2.75) is 38.3 Å². The third-order valence-electron chi connectivity index (χ3n) is 3.96. The summed E-state index contributed by atoms with van der Waals surface area (Å²) in [7, 11) is 0. The molecule has 0 spiro atoms. The SMILES string of the molecule is C=CC(C)c1cn2c(n1)CN1CCC2CC1. The Morgan fingerprint density at radius 1 is 1.50 bits per heavy atom. The van der Waals surface area contributed by atoms with Crippen molar-refractivity contribution in [2.75, 3.05) is 13.1 Å². The number of nitrogens with zero attached hydrogens (tertiary/aromatic N) is 3. The Balaban J connectivity index is 1.98. The number of aromatic nitrogens is 2. The Hall–Kier alpha value is -1.09. The highest BCUT2D eigenvalue weighted by molar-refractivity contribution is 5.15. The molecule has 2 bridgehead atoms. The van der Waals surface area contributed by atoms with Gasteiger partial charge in [-0.05, 0) is 12.8 Å². The Labute approximate surface area is 96.8 Å². The van der Waals surface area contributed by atoms with E-state index in [1.807, 2.05) is 6.08 Å². The monoisotopic (exact) mass is 217 g/mol. The Morgan fingerprint density at radius 2 is 2.25 bits per heavy atom. The maximum atomic E-state index is 4.77. The van der Waals surface area contributed by atoms with Gasteiger partial charge in [0.1, 0.15) is 5.82 Å². The average Bonchev–Trinajstić information content (AvgIpc) is 2.60. The van der Waals surface area contributed by atoms with Gasteiger partial charge in [-0.1, -0.05) is 13.0 Å². The molecule has 3 heteroatoms. The largest absolute Gasteiger partial charge is 0.330 e. The lowest BCUT2D eigenvalue weighted by Crippen LogP contribution is -2.29. The second kappa shape index (κ2) is 3.74. The van der Waals surface area contributed by atoms with Gasteiger partial charge in [-0.15, -0.1) is 6.58 Å². The van der Waals surface area contributed by atoms with Crippen molar-refractivity contribution in [1.82, 2.24) is 14.5 Å². The Bertz CT molecular complexity index is 399. The summed E-state index contributed by atoms with van der Waals surface area (Å²) in [5.74, 6) is 1.62. The quantitative estimate of drug-likeness (QED) is 0.709. The molecular weight excluding hydrogens is 198 g/mol. The van der Waals surface area contributed by atoms with Crippen LogP contribution in [0, 0.1) is 0 Å². The Kier molecular flexibility index (Phi) is 2.36. The van der Waals surface area contributed by atoms with Crippen LogP contribution in [0.1, 0.15) is 43.2 Å². The van der Waals surface area contributed by atoms with E-state index in [2.05, 4.69) is 29.2 Å². The summed E-state index contributed by atoms with van der Waals surface area (Å²) < 4.78 is 2.42. The fourth-order valence-corrected chi connectivity index (χ4v) is 2.78. The van der Waals surface area contributed by atoms with Crippen LogP contribution in [0.2, 0.25) is 0 Å². The zero-order valence-electron chi connectivity index (χ0n) is 9.89. The van der Waals surface area contributed by atoms with Gasteiger partial charge in [-0.25, -0.2) is 4.98 Å². The summed E-state index contributed by atoms with van der Waals surface area (Å²) in [5.41, 5.74) is 1.18. The van der Waals surface area contributed by atoms with Gasteiger partial charge in [-0.2, -0.15) is 0 Å². The van der Waals surface area contributed by atoms with Crippen molar-refractivity contribution >= 4 is 0 Å². The fraction of sp³-hybridized carbons (Fsp3) is 0.615. The van der Waals surface area contributed by atoms with Crippen LogP contribution in [0.15, 0.2) is 18.9 Å². The molecule has 1 fully saturated rings. The van der Waals surface area contributed by atoms with Gasteiger partial charge in [0, 0.05) is 31.2 Å². The van der Waals surface area contributed by atoms with Crippen LogP contribution in [-0.4, -0.2) is 27.5 Å². The number of fused-ring (bicyclic) bond motifs is 2. The summed E-state index contributed by atoms with van der Waals surface area (Å²) in [4.78, 5) is 7.29. The lowest BCUT2D eigenvalue weighted by molar-refractivity contribution is 0.208. The maximum Gasteiger partial charge on any atom is 0.123 e. The predicted octanol–water partition coefficient (Wildman–Crippen LogP) is 2.32. The van der Waals surface area contributed by atoms with Crippen molar-refractivity contribution in [3.8, 4) is 0 Å². The summed E-state index contributed by atoms with van der Waals surface area (Å²) in [6.45, 7) is 9.51. The highest BCUT2D eigenvalue weighted by Gasteiger charge is 2.28. The summed E-state index contributed by atoms with van der Waals surface area (Å²) in [5, 5.41) is 0. The second-order valence-electron chi connectivity index (χ2n) is 5.02. The number of hydrogen-bond donors (Lipinski definition) is 0. The van der Waals surface area contributed by atoms with Crippen LogP contribution in [0.4, 0.5) is 0 Å². The van der Waals surface area contributed by atoms with Gasteiger partial charge in [0.05, 0.1) is 12.2 Å². The molecule has 4 heterocycles. The molecule has 16 heavy (non-hydrogen) atoms. The van der Waals surface area contributed by atoms with Crippen molar-refractivity contribution in [2.24, 2.45) is 0 Å². The summed E-state index contributed by atoms with van der Waals surface area (Å²) >= 11 is 0. The van der Waals surface area contributed by atoms with Crippen LogP contribution >= 0.6 is 0 Å². The molecule has 3 aliphatic rings. The summed E-state index contributed by atoms with van der Waals surface area (Å²) in [6.07, 6.45) is 6.79. The lowest BCUT2D eigenvalue weighted by Gasteiger charge is -2.26. The van der Waals surface area contributed by atoms with Crippen molar-refractivity contribution in [1.29, 1.82) is 0 Å². The first-order valence-corrected chi connectivity index (χ1v) is 6.20. The van der Waals surface area contributed by atoms with E-state index in [4.69, 9.17) is 4.98 Å². The number of hydrogen-bond acceptors (Lipinski definition) is 2. The number of imidazole rings is 1. The molecule has 1 saturated heterocycles. The van der Waals surface area contributed by atoms with E-state index in [9.17, 15) is 0 Å². The van der Waals surface area contributed by atoms with Crippen LogP contribution in [-0.2, 0) is 6.54 Å². The van der Waals surface area contributed by atoms with E-state index in [0.717, 1.165) is 6.54 Å². The van der Waals surface area contributed by atoms with Gasteiger partial charge in [0.2, 0.25) is 0 Å². The number of piperidine rings is 1.